The van der Waals surface area contributed by atoms with Gasteiger partial charge in [0, 0.05) is 18.1 Å². The van der Waals surface area contributed by atoms with Crippen molar-refractivity contribution in [3.05, 3.63) is 78.2 Å². The SMILES string of the molecule is N#Cc1ccccc1CSCCNc1ncnc2c1cnn2-c1ccccc1. The first kappa shape index (κ1) is 18.0. The van der Waals surface area contributed by atoms with Gasteiger partial charge in [-0.25, -0.2) is 14.6 Å². The van der Waals surface area contributed by atoms with E-state index in [0.717, 1.165) is 51.7 Å². The van der Waals surface area contributed by atoms with Crippen LogP contribution in [0.25, 0.3) is 16.7 Å². The average Bonchev–Trinajstić information content (AvgIpc) is 3.19. The van der Waals surface area contributed by atoms with E-state index in [1.54, 1.807) is 24.3 Å². The normalized spacial score (nSPS) is 10.7. The van der Waals surface area contributed by atoms with E-state index in [1.165, 1.54) is 0 Å². The summed E-state index contributed by atoms with van der Waals surface area (Å²) in [5, 5.41) is 17.9. The molecule has 2 aromatic carbocycles. The number of hydrogen-bond donors (Lipinski definition) is 1. The van der Waals surface area contributed by atoms with Crippen molar-refractivity contribution in [2.45, 2.75) is 5.75 Å². The number of hydrogen-bond acceptors (Lipinski definition) is 6. The first-order valence-electron chi connectivity index (χ1n) is 8.90. The summed E-state index contributed by atoms with van der Waals surface area (Å²) in [6.45, 7) is 0.766. The van der Waals surface area contributed by atoms with Gasteiger partial charge in [-0.3, -0.25) is 0 Å². The smallest absolute Gasteiger partial charge is 0.168 e. The summed E-state index contributed by atoms with van der Waals surface area (Å²) in [7, 11) is 0. The van der Waals surface area contributed by atoms with E-state index in [9.17, 15) is 0 Å². The van der Waals surface area contributed by atoms with Crippen molar-refractivity contribution < 1.29 is 0 Å². The van der Waals surface area contributed by atoms with Crippen LogP contribution in [0.2, 0.25) is 0 Å². The molecule has 0 fully saturated rings. The number of nitriles is 1. The molecule has 4 aromatic rings. The van der Waals surface area contributed by atoms with Crippen LogP contribution >= 0.6 is 11.8 Å². The molecular weight excluding hydrogens is 368 g/mol. The summed E-state index contributed by atoms with van der Waals surface area (Å²) >= 11 is 1.78. The van der Waals surface area contributed by atoms with Crippen molar-refractivity contribution in [2.24, 2.45) is 0 Å². The summed E-state index contributed by atoms with van der Waals surface area (Å²) in [4.78, 5) is 8.76. The Hall–Kier alpha value is -3.37. The molecule has 1 N–H and O–H groups in total. The lowest BCUT2D eigenvalue weighted by atomic mass is 10.1. The fourth-order valence-corrected chi connectivity index (χ4v) is 3.78. The monoisotopic (exact) mass is 386 g/mol. The minimum absolute atomic E-state index is 0.744. The van der Waals surface area contributed by atoms with E-state index >= 15 is 0 Å². The van der Waals surface area contributed by atoms with E-state index in [1.807, 2.05) is 59.3 Å². The van der Waals surface area contributed by atoms with Crippen molar-refractivity contribution in [2.75, 3.05) is 17.6 Å². The summed E-state index contributed by atoms with van der Waals surface area (Å²) < 4.78 is 1.82. The van der Waals surface area contributed by atoms with Gasteiger partial charge in [-0.2, -0.15) is 22.1 Å². The summed E-state index contributed by atoms with van der Waals surface area (Å²) in [6, 6.07) is 19.9. The van der Waals surface area contributed by atoms with Crippen LogP contribution in [0.15, 0.2) is 67.1 Å². The van der Waals surface area contributed by atoms with Crippen LogP contribution in [0.3, 0.4) is 0 Å². The van der Waals surface area contributed by atoms with Crippen molar-refractivity contribution in [3.63, 3.8) is 0 Å². The van der Waals surface area contributed by atoms with Gasteiger partial charge in [0.15, 0.2) is 5.65 Å². The lowest BCUT2D eigenvalue weighted by Gasteiger charge is -2.07. The minimum Gasteiger partial charge on any atom is -0.369 e. The van der Waals surface area contributed by atoms with Crippen LogP contribution in [0.5, 0.6) is 0 Å². The largest absolute Gasteiger partial charge is 0.369 e. The molecule has 0 aliphatic carbocycles. The molecule has 2 aromatic heterocycles. The highest BCUT2D eigenvalue weighted by Gasteiger charge is 2.10. The van der Waals surface area contributed by atoms with E-state index in [-0.39, 0.29) is 0 Å². The Morgan fingerprint density at radius 1 is 1.04 bits per heavy atom. The third-order valence-corrected chi connectivity index (χ3v) is 5.31. The predicted molar refractivity (Wildman–Crippen MR) is 112 cm³/mol. The van der Waals surface area contributed by atoms with Crippen LogP contribution in [0.4, 0.5) is 5.82 Å². The maximum absolute atomic E-state index is 9.16. The van der Waals surface area contributed by atoms with Crippen molar-refractivity contribution in [3.8, 4) is 11.8 Å². The second-order valence-corrected chi connectivity index (χ2v) is 7.20. The Bertz CT molecular complexity index is 1120. The number of thioether (sulfide) groups is 1. The van der Waals surface area contributed by atoms with E-state index < -0.39 is 0 Å². The van der Waals surface area contributed by atoms with Crippen molar-refractivity contribution >= 4 is 28.6 Å². The van der Waals surface area contributed by atoms with Crippen LogP contribution in [0, 0.1) is 11.3 Å². The van der Waals surface area contributed by atoms with Gasteiger partial charge in [-0.05, 0) is 23.8 Å². The zero-order valence-electron chi connectivity index (χ0n) is 15.1. The molecular formula is C21H18N6S. The van der Waals surface area contributed by atoms with Gasteiger partial charge in [0.25, 0.3) is 0 Å². The zero-order chi connectivity index (χ0) is 19.2. The van der Waals surface area contributed by atoms with Crippen LogP contribution < -0.4 is 5.32 Å². The lowest BCUT2D eigenvalue weighted by molar-refractivity contribution is 0.895. The quantitative estimate of drug-likeness (QED) is 0.483. The topological polar surface area (TPSA) is 79.4 Å². The number of para-hydroxylation sites is 1. The van der Waals surface area contributed by atoms with E-state index in [2.05, 4.69) is 26.5 Å². The molecule has 138 valence electrons. The number of nitrogens with one attached hydrogen (secondary N) is 1. The van der Waals surface area contributed by atoms with Crippen LogP contribution in [-0.4, -0.2) is 32.0 Å². The number of aromatic nitrogens is 4. The highest BCUT2D eigenvalue weighted by Crippen LogP contribution is 2.22. The standard InChI is InChI=1S/C21H18N6S/c22-12-16-6-4-5-7-17(16)14-28-11-10-23-20-19-13-26-27(21(19)25-15-24-20)18-8-2-1-3-9-18/h1-9,13,15H,10-11,14H2,(H,23,24,25). The maximum Gasteiger partial charge on any atom is 0.168 e. The number of nitrogens with zero attached hydrogens (tertiary/aromatic N) is 5. The third-order valence-electron chi connectivity index (χ3n) is 4.30. The molecule has 7 heteroatoms. The fraction of sp³-hybridized carbons (Fsp3) is 0.143. The third kappa shape index (κ3) is 3.82. The molecule has 4 rings (SSSR count). The summed E-state index contributed by atoms with van der Waals surface area (Å²) in [5.74, 6) is 2.50. The molecule has 0 saturated heterocycles. The van der Waals surface area contributed by atoms with Crippen molar-refractivity contribution in [1.29, 1.82) is 5.26 Å². The summed E-state index contributed by atoms with van der Waals surface area (Å²) in [6.07, 6.45) is 3.35. The first-order chi connectivity index (χ1) is 13.9. The molecule has 6 nitrogen and oxygen atoms in total. The molecule has 0 aliphatic heterocycles. The fourth-order valence-electron chi connectivity index (χ4n) is 2.92. The van der Waals surface area contributed by atoms with Gasteiger partial charge in [0.05, 0.1) is 28.9 Å². The number of rotatable bonds is 7. The van der Waals surface area contributed by atoms with E-state index in [0.29, 0.717) is 0 Å². The van der Waals surface area contributed by atoms with Crippen LogP contribution in [-0.2, 0) is 5.75 Å². The highest BCUT2D eigenvalue weighted by atomic mass is 32.2. The number of benzene rings is 2. The molecule has 0 radical (unpaired) electrons. The molecule has 0 atom stereocenters. The van der Waals surface area contributed by atoms with Crippen LogP contribution in [0.1, 0.15) is 11.1 Å². The Balaban J connectivity index is 1.39. The molecule has 0 amide bonds. The van der Waals surface area contributed by atoms with Crippen molar-refractivity contribution in [1.82, 2.24) is 19.7 Å². The highest BCUT2D eigenvalue weighted by molar-refractivity contribution is 7.98. The molecule has 28 heavy (non-hydrogen) atoms. The Kier molecular flexibility index (Phi) is 5.50. The molecule has 0 unspecified atom stereocenters. The van der Waals surface area contributed by atoms with Gasteiger partial charge < -0.3 is 5.32 Å². The second kappa shape index (κ2) is 8.55. The molecule has 0 aliphatic rings. The molecule has 2 heterocycles. The number of fused-ring (bicyclic) bond motifs is 1. The van der Waals surface area contributed by atoms with Gasteiger partial charge in [-0.1, -0.05) is 36.4 Å². The minimum atomic E-state index is 0.744. The van der Waals surface area contributed by atoms with E-state index in [4.69, 9.17) is 5.26 Å². The Labute approximate surface area is 167 Å². The average molecular weight is 386 g/mol. The first-order valence-corrected chi connectivity index (χ1v) is 10.1. The maximum atomic E-state index is 9.16. The Morgan fingerprint density at radius 2 is 1.86 bits per heavy atom. The van der Waals surface area contributed by atoms with Gasteiger partial charge in [0.1, 0.15) is 12.1 Å². The van der Waals surface area contributed by atoms with Gasteiger partial charge in [0.2, 0.25) is 0 Å². The lowest BCUT2D eigenvalue weighted by Crippen LogP contribution is -2.07. The molecule has 0 spiro atoms. The molecule has 0 bridgehead atoms. The van der Waals surface area contributed by atoms with Gasteiger partial charge >= 0.3 is 0 Å². The predicted octanol–water partition coefficient (Wildman–Crippen LogP) is 4.03. The zero-order valence-corrected chi connectivity index (χ0v) is 15.9. The van der Waals surface area contributed by atoms with Gasteiger partial charge in [-0.15, -0.1) is 0 Å². The number of anilines is 1. The Morgan fingerprint density at radius 3 is 2.71 bits per heavy atom. The second-order valence-electron chi connectivity index (χ2n) is 6.10. The summed E-state index contributed by atoms with van der Waals surface area (Å²) in [5.41, 5.74) is 3.56. The molecule has 0 saturated carbocycles.